The first-order valence-electron chi connectivity index (χ1n) is 8.74. The van der Waals surface area contributed by atoms with E-state index in [1.165, 1.54) is 23.4 Å². The van der Waals surface area contributed by atoms with Gasteiger partial charge in [-0.05, 0) is 37.0 Å². The standard InChI is InChI=1S/C19H26FN3O/c1-4-17-16(18(5-2)22(3)21-17)12-23-11-15(24)10-19(23)13-6-8-14(20)9-7-13/h6-9,15,19,24H,4-5,10-12H2,1-3H3/t15-,19+/m1/s1. The Hall–Kier alpha value is -1.72. The average molecular weight is 331 g/mol. The zero-order valence-electron chi connectivity index (χ0n) is 14.7. The number of benzene rings is 1. The van der Waals surface area contributed by atoms with E-state index >= 15 is 0 Å². The highest BCUT2D eigenvalue weighted by molar-refractivity contribution is 5.28. The summed E-state index contributed by atoms with van der Waals surface area (Å²) in [5.74, 6) is -0.224. The molecule has 0 aliphatic carbocycles. The molecule has 24 heavy (non-hydrogen) atoms. The van der Waals surface area contributed by atoms with Crippen molar-refractivity contribution in [2.75, 3.05) is 6.54 Å². The molecule has 1 fully saturated rings. The largest absolute Gasteiger partial charge is 0.392 e. The van der Waals surface area contributed by atoms with Crippen LogP contribution in [0.4, 0.5) is 4.39 Å². The summed E-state index contributed by atoms with van der Waals surface area (Å²) >= 11 is 0. The third-order valence-corrected chi connectivity index (χ3v) is 5.03. The zero-order chi connectivity index (χ0) is 17.3. The predicted molar refractivity (Wildman–Crippen MR) is 92.1 cm³/mol. The van der Waals surface area contributed by atoms with Crippen LogP contribution in [0.3, 0.4) is 0 Å². The first-order valence-corrected chi connectivity index (χ1v) is 8.74. The normalized spacial score (nSPS) is 21.5. The Kier molecular flexibility index (Phi) is 5.01. The number of hydrogen-bond acceptors (Lipinski definition) is 3. The van der Waals surface area contributed by atoms with Crippen LogP contribution >= 0.6 is 0 Å². The fraction of sp³-hybridized carbons (Fsp3) is 0.526. The van der Waals surface area contributed by atoms with Crippen LogP contribution in [0.2, 0.25) is 0 Å². The summed E-state index contributed by atoms with van der Waals surface area (Å²) < 4.78 is 15.2. The van der Waals surface area contributed by atoms with Crippen LogP contribution < -0.4 is 0 Å². The third-order valence-electron chi connectivity index (χ3n) is 5.03. The lowest BCUT2D eigenvalue weighted by Gasteiger charge is -2.25. The Balaban J connectivity index is 1.89. The summed E-state index contributed by atoms with van der Waals surface area (Å²) in [5, 5.41) is 14.8. The summed E-state index contributed by atoms with van der Waals surface area (Å²) in [6, 6.07) is 6.77. The summed E-state index contributed by atoms with van der Waals surface area (Å²) in [6.45, 7) is 5.69. The maximum atomic E-state index is 13.2. The monoisotopic (exact) mass is 331 g/mol. The lowest BCUT2D eigenvalue weighted by Crippen LogP contribution is -2.25. The van der Waals surface area contributed by atoms with Crippen molar-refractivity contribution in [3.8, 4) is 0 Å². The van der Waals surface area contributed by atoms with E-state index in [9.17, 15) is 9.50 Å². The van der Waals surface area contributed by atoms with Gasteiger partial charge in [0, 0.05) is 37.4 Å². The van der Waals surface area contributed by atoms with Crippen LogP contribution in [0.25, 0.3) is 0 Å². The summed E-state index contributed by atoms with van der Waals surface area (Å²) in [5.41, 5.74) is 4.73. The van der Waals surface area contributed by atoms with Gasteiger partial charge in [0.2, 0.25) is 0 Å². The van der Waals surface area contributed by atoms with Gasteiger partial charge in [0.15, 0.2) is 0 Å². The molecule has 1 N–H and O–H groups in total. The van der Waals surface area contributed by atoms with Crippen molar-refractivity contribution in [1.82, 2.24) is 14.7 Å². The molecule has 1 saturated heterocycles. The molecule has 130 valence electrons. The fourth-order valence-electron chi connectivity index (χ4n) is 3.86. The molecule has 1 aliphatic heterocycles. The predicted octanol–water partition coefficient (Wildman–Crippen LogP) is 2.99. The van der Waals surface area contributed by atoms with Crippen LogP contribution in [-0.2, 0) is 26.4 Å². The molecule has 0 spiro atoms. The molecule has 0 unspecified atom stereocenters. The second-order valence-electron chi connectivity index (χ2n) is 6.59. The first-order chi connectivity index (χ1) is 11.5. The second kappa shape index (κ2) is 7.03. The molecular formula is C19H26FN3O. The molecule has 1 aromatic heterocycles. The summed E-state index contributed by atoms with van der Waals surface area (Å²) in [4.78, 5) is 2.30. The van der Waals surface area contributed by atoms with E-state index < -0.39 is 0 Å². The van der Waals surface area contributed by atoms with Gasteiger partial charge in [-0.15, -0.1) is 0 Å². The van der Waals surface area contributed by atoms with Crippen molar-refractivity contribution in [2.45, 2.75) is 51.8 Å². The van der Waals surface area contributed by atoms with Crippen LogP contribution in [0.5, 0.6) is 0 Å². The molecule has 0 radical (unpaired) electrons. The third kappa shape index (κ3) is 3.23. The quantitative estimate of drug-likeness (QED) is 0.916. The molecule has 3 rings (SSSR count). The number of β-amino-alcohol motifs (C(OH)–C–C–N with tert-alkyl or cyclic N) is 1. The number of nitrogens with zero attached hydrogens (tertiary/aromatic N) is 3. The van der Waals surface area contributed by atoms with Crippen LogP contribution in [0.15, 0.2) is 24.3 Å². The molecule has 0 saturated carbocycles. The molecular weight excluding hydrogens is 305 g/mol. The number of aliphatic hydroxyl groups is 1. The summed E-state index contributed by atoms with van der Waals surface area (Å²) in [7, 11) is 2.00. The molecule has 0 bridgehead atoms. The lowest BCUT2D eigenvalue weighted by atomic mass is 10.0. The minimum atomic E-state index is -0.341. The molecule has 1 aliphatic rings. The van der Waals surface area contributed by atoms with Crippen molar-refractivity contribution in [1.29, 1.82) is 0 Å². The minimum Gasteiger partial charge on any atom is -0.392 e. The maximum absolute atomic E-state index is 13.2. The maximum Gasteiger partial charge on any atom is 0.123 e. The van der Waals surface area contributed by atoms with Gasteiger partial charge in [-0.2, -0.15) is 5.10 Å². The van der Waals surface area contributed by atoms with Gasteiger partial charge in [-0.1, -0.05) is 26.0 Å². The van der Waals surface area contributed by atoms with Gasteiger partial charge >= 0.3 is 0 Å². The number of hydrogen-bond donors (Lipinski definition) is 1. The Morgan fingerprint density at radius 2 is 1.92 bits per heavy atom. The first kappa shape index (κ1) is 17.1. The number of aliphatic hydroxyl groups excluding tert-OH is 1. The van der Waals surface area contributed by atoms with Gasteiger partial charge in [0.05, 0.1) is 11.8 Å². The highest BCUT2D eigenvalue weighted by atomic mass is 19.1. The van der Waals surface area contributed by atoms with Crippen LogP contribution in [-0.4, -0.2) is 32.4 Å². The van der Waals surface area contributed by atoms with Gasteiger partial charge in [0.25, 0.3) is 0 Å². The fourth-order valence-corrected chi connectivity index (χ4v) is 3.86. The molecule has 2 atom stereocenters. The Bertz CT molecular complexity index is 695. The van der Waals surface area contributed by atoms with Gasteiger partial charge < -0.3 is 5.11 Å². The minimum absolute atomic E-state index is 0.121. The number of rotatable bonds is 5. The Labute approximate surface area is 142 Å². The summed E-state index contributed by atoms with van der Waals surface area (Å²) in [6.07, 6.45) is 2.19. The average Bonchev–Trinajstić information content (AvgIpc) is 3.08. The molecule has 1 aromatic carbocycles. The van der Waals surface area contributed by atoms with Gasteiger partial charge in [0.1, 0.15) is 5.82 Å². The molecule has 4 nitrogen and oxygen atoms in total. The molecule has 0 amide bonds. The smallest absolute Gasteiger partial charge is 0.123 e. The van der Waals surface area contributed by atoms with Crippen molar-refractivity contribution in [3.63, 3.8) is 0 Å². The van der Waals surface area contributed by atoms with E-state index in [0.29, 0.717) is 13.0 Å². The Morgan fingerprint density at radius 1 is 1.21 bits per heavy atom. The van der Waals surface area contributed by atoms with Crippen molar-refractivity contribution >= 4 is 0 Å². The Morgan fingerprint density at radius 3 is 2.54 bits per heavy atom. The van der Waals surface area contributed by atoms with Crippen LogP contribution in [0, 0.1) is 5.82 Å². The molecule has 2 heterocycles. The number of likely N-dealkylation sites (tertiary alicyclic amines) is 1. The molecule has 2 aromatic rings. The topological polar surface area (TPSA) is 41.3 Å². The van der Waals surface area contributed by atoms with E-state index in [4.69, 9.17) is 0 Å². The SMILES string of the molecule is CCc1nn(C)c(CC)c1CN1C[C@H](O)C[C@H]1c1ccc(F)cc1. The van der Waals surface area contributed by atoms with E-state index in [2.05, 4.69) is 23.8 Å². The highest BCUT2D eigenvalue weighted by Crippen LogP contribution is 2.34. The van der Waals surface area contributed by atoms with Crippen molar-refractivity contribution < 1.29 is 9.50 Å². The zero-order valence-corrected chi connectivity index (χ0v) is 14.7. The van der Waals surface area contributed by atoms with E-state index in [1.54, 1.807) is 0 Å². The van der Waals surface area contributed by atoms with E-state index in [0.717, 1.165) is 30.6 Å². The number of aryl methyl sites for hydroxylation is 2. The van der Waals surface area contributed by atoms with Gasteiger partial charge in [-0.3, -0.25) is 9.58 Å². The number of halogens is 1. The highest BCUT2D eigenvalue weighted by Gasteiger charge is 2.33. The van der Waals surface area contributed by atoms with E-state index in [-0.39, 0.29) is 18.0 Å². The second-order valence-corrected chi connectivity index (χ2v) is 6.59. The molecule has 5 heteroatoms. The van der Waals surface area contributed by atoms with Crippen molar-refractivity contribution in [3.05, 3.63) is 52.6 Å². The van der Waals surface area contributed by atoms with Crippen molar-refractivity contribution in [2.24, 2.45) is 7.05 Å². The van der Waals surface area contributed by atoms with Gasteiger partial charge in [-0.25, -0.2) is 4.39 Å². The lowest BCUT2D eigenvalue weighted by molar-refractivity contribution is 0.172. The van der Waals surface area contributed by atoms with E-state index in [1.807, 2.05) is 23.9 Å². The number of aromatic nitrogens is 2. The van der Waals surface area contributed by atoms with Crippen LogP contribution in [0.1, 0.15) is 48.8 Å².